The molecule has 3 heterocycles. The molecule has 188 valence electrons. The zero-order valence-electron chi connectivity index (χ0n) is 20.8. The van der Waals surface area contributed by atoms with E-state index in [0.717, 1.165) is 34.2 Å². The number of rotatable bonds is 5. The zero-order chi connectivity index (χ0) is 25.2. The molecule has 0 saturated carbocycles. The summed E-state index contributed by atoms with van der Waals surface area (Å²) in [6, 6.07) is 8.53. The standard InChI is InChI=1S/C25H33BrN6O3/c1-25(2,3)35-24(33)32-13-12-31(15-18(32)9-10-27)22-20-8-7-17(26)14-21(20)28-23(29-22)34-16-19-6-5-11-30(19)4/h7-8,14,18-19H,5-6,9,11-13,15-16H2,1-4H3/t18-,19-/m0/s1. The highest BCUT2D eigenvalue weighted by atomic mass is 79.9. The smallest absolute Gasteiger partial charge is 0.410 e. The number of piperazine rings is 1. The number of benzene rings is 1. The van der Waals surface area contributed by atoms with Crippen molar-refractivity contribution in [3.63, 3.8) is 0 Å². The minimum atomic E-state index is -0.596. The first-order chi connectivity index (χ1) is 16.6. The summed E-state index contributed by atoms with van der Waals surface area (Å²) in [5.74, 6) is 0.754. The van der Waals surface area contributed by atoms with Crippen molar-refractivity contribution >= 4 is 38.7 Å². The fraction of sp³-hybridized carbons (Fsp3) is 0.600. The highest BCUT2D eigenvalue weighted by Gasteiger charge is 2.34. The van der Waals surface area contributed by atoms with Gasteiger partial charge in [0.1, 0.15) is 18.0 Å². The van der Waals surface area contributed by atoms with E-state index in [9.17, 15) is 10.1 Å². The number of nitriles is 1. The summed E-state index contributed by atoms with van der Waals surface area (Å²) < 4.78 is 12.6. The van der Waals surface area contributed by atoms with Crippen LogP contribution in [-0.4, -0.2) is 83.4 Å². The first-order valence-corrected chi connectivity index (χ1v) is 12.9. The van der Waals surface area contributed by atoms with Crippen LogP contribution in [0.2, 0.25) is 0 Å². The lowest BCUT2D eigenvalue weighted by Gasteiger charge is -2.41. The van der Waals surface area contributed by atoms with Gasteiger partial charge in [-0.25, -0.2) is 4.79 Å². The van der Waals surface area contributed by atoms with Crippen LogP contribution in [-0.2, 0) is 4.74 Å². The van der Waals surface area contributed by atoms with Gasteiger partial charge in [0.05, 0.1) is 24.0 Å². The predicted octanol–water partition coefficient (Wildman–Crippen LogP) is 4.20. The van der Waals surface area contributed by atoms with Crippen molar-refractivity contribution in [3.05, 3.63) is 22.7 Å². The lowest BCUT2D eigenvalue weighted by Crippen LogP contribution is -2.56. The van der Waals surface area contributed by atoms with Crippen molar-refractivity contribution in [2.75, 3.05) is 44.7 Å². The molecule has 10 heteroatoms. The number of carbonyl (C=O) groups is 1. The van der Waals surface area contributed by atoms with Crippen LogP contribution in [0.25, 0.3) is 10.9 Å². The van der Waals surface area contributed by atoms with Crippen LogP contribution in [0, 0.1) is 11.3 Å². The Labute approximate surface area is 215 Å². The van der Waals surface area contributed by atoms with Crippen molar-refractivity contribution in [2.24, 2.45) is 0 Å². The number of likely N-dealkylation sites (N-methyl/N-ethyl adjacent to an activating group) is 1. The third-order valence-corrected chi connectivity index (χ3v) is 6.93. The Balaban J connectivity index is 1.60. The van der Waals surface area contributed by atoms with Crippen molar-refractivity contribution < 1.29 is 14.3 Å². The van der Waals surface area contributed by atoms with Gasteiger partial charge < -0.3 is 24.2 Å². The number of aromatic nitrogens is 2. The highest BCUT2D eigenvalue weighted by molar-refractivity contribution is 9.10. The van der Waals surface area contributed by atoms with Gasteiger partial charge in [0.25, 0.3) is 0 Å². The van der Waals surface area contributed by atoms with E-state index in [-0.39, 0.29) is 12.5 Å². The predicted molar refractivity (Wildman–Crippen MR) is 138 cm³/mol. The van der Waals surface area contributed by atoms with Crippen LogP contribution in [0.1, 0.15) is 40.0 Å². The molecule has 0 spiro atoms. The van der Waals surface area contributed by atoms with Gasteiger partial charge in [-0.05, 0) is 65.4 Å². The van der Waals surface area contributed by atoms with Gasteiger partial charge >= 0.3 is 12.1 Å². The Kier molecular flexibility index (Phi) is 7.67. The number of hydrogen-bond acceptors (Lipinski definition) is 8. The number of amides is 1. The van der Waals surface area contributed by atoms with Crippen LogP contribution in [0.15, 0.2) is 22.7 Å². The summed E-state index contributed by atoms with van der Waals surface area (Å²) >= 11 is 3.54. The molecule has 0 unspecified atom stereocenters. The monoisotopic (exact) mass is 544 g/mol. The lowest BCUT2D eigenvalue weighted by atomic mass is 10.1. The van der Waals surface area contributed by atoms with Crippen LogP contribution in [0.3, 0.4) is 0 Å². The summed E-state index contributed by atoms with van der Waals surface area (Å²) in [6.45, 7) is 8.62. The lowest BCUT2D eigenvalue weighted by molar-refractivity contribution is 0.0145. The number of ether oxygens (including phenoxy) is 2. The molecule has 2 atom stereocenters. The van der Waals surface area contributed by atoms with Gasteiger partial charge in [0, 0.05) is 35.5 Å². The molecule has 2 aromatic rings. The highest BCUT2D eigenvalue weighted by Crippen LogP contribution is 2.31. The molecule has 2 aliphatic rings. The number of nitrogens with zero attached hydrogens (tertiary/aromatic N) is 6. The van der Waals surface area contributed by atoms with E-state index < -0.39 is 11.7 Å². The maximum atomic E-state index is 12.8. The van der Waals surface area contributed by atoms with Crippen LogP contribution in [0.5, 0.6) is 6.01 Å². The normalized spacial score (nSPS) is 21.3. The minimum absolute atomic E-state index is 0.210. The summed E-state index contributed by atoms with van der Waals surface area (Å²) in [5, 5.41) is 10.3. The topological polar surface area (TPSA) is 94.8 Å². The largest absolute Gasteiger partial charge is 0.462 e. The number of likely N-dealkylation sites (tertiary alicyclic amines) is 1. The van der Waals surface area contributed by atoms with Gasteiger partial charge in [0.15, 0.2) is 0 Å². The fourth-order valence-electron chi connectivity index (χ4n) is 4.62. The maximum Gasteiger partial charge on any atom is 0.410 e. The summed E-state index contributed by atoms with van der Waals surface area (Å²) in [6.07, 6.45) is 2.09. The number of carbonyl (C=O) groups excluding carboxylic acids is 1. The Morgan fingerprint density at radius 1 is 1.23 bits per heavy atom. The van der Waals surface area contributed by atoms with Gasteiger partial charge in [0.2, 0.25) is 0 Å². The molecular weight excluding hydrogens is 512 g/mol. The van der Waals surface area contributed by atoms with Crippen molar-refractivity contribution in [2.45, 2.75) is 57.7 Å². The molecule has 35 heavy (non-hydrogen) atoms. The zero-order valence-corrected chi connectivity index (χ0v) is 22.4. The second kappa shape index (κ2) is 10.5. The van der Waals surface area contributed by atoms with Gasteiger partial charge in [-0.15, -0.1) is 0 Å². The molecule has 1 aromatic carbocycles. The summed E-state index contributed by atoms with van der Waals surface area (Å²) in [7, 11) is 2.12. The number of anilines is 1. The van der Waals surface area contributed by atoms with E-state index in [0.29, 0.717) is 38.3 Å². The van der Waals surface area contributed by atoms with Gasteiger partial charge in [-0.3, -0.25) is 0 Å². The average Bonchev–Trinajstić information content (AvgIpc) is 3.20. The van der Waals surface area contributed by atoms with Crippen LogP contribution < -0.4 is 9.64 Å². The SMILES string of the molecule is CN1CCC[C@H]1COc1nc(N2CCN(C(=O)OC(C)(C)C)[C@@H](CC#N)C2)c2ccc(Br)cc2n1. The average molecular weight is 545 g/mol. The van der Waals surface area contributed by atoms with E-state index in [1.807, 2.05) is 39.0 Å². The Morgan fingerprint density at radius 2 is 2.03 bits per heavy atom. The fourth-order valence-corrected chi connectivity index (χ4v) is 4.97. The number of fused-ring (bicyclic) bond motifs is 1. The van der Waals surface area contributed by atoms with E-state index in [4.69, 9.17) is 14.5 Å². The molecule has 0 radical (unpaired) electrons. The van der Waals surface area contributed by atoms with Crippen molar-refractivity contribution in [1.29, 1.82) is 5.26 Å². The third-order valence-electron chi connectivity index (χ3n) is 6.43. The van der Waals surface area contributed by atoms with Crippen LogP contribution >= 0.6 is 15.9 Å². The van der Waals surface area contributed by atoms with Gasteiger partial charge in [-0.2, -0.15) is 15.2 Å². The second-order valence-corrected chi connectivity index (χ2v) is 11.1. The Hall–Kier alpha value is -2.64. The molecule has 0 bridgehead atoms. The molecule has 4 rings (SSSR count). The molecule has 2 saturated heterocycles. The minimum Gasteiger partial charge on any atom is -0.462 e. The summed E-state index contributed by atoms with van der Waals surface area (Å²) in [5.41, 5.74) is 0.187. The molecule has 0 aliphatic carbocycles. The molecule has 1 aromatic heterocycles. The van der Waals surface area contributed by atoms with Crippen molar-refractivity contribution in [1.82, 2.24) is 19.8 Å². The molecule has 9 nitrogen and oxygen atoms in total. The van der Waals surface area contributed by atoms with E-state index in [1.54, 1.807) is 4.90 Å². The van der Waals surface area contributed by atoms with E-state index in [1.165, 1.54) is 6.42 Å². The second-order valence-electron chi connectivity index (χ2n) is 10.2. The maximum absolute atomic E-state index is 12.8. The first-order valence-electron chi connectivity index (χ1n) is 12.1. The Bertz CT molecular complexity index is 1110. The summed E-state index contributed by atoms with van der Waals surface area (Å²) in [4.78, 5) is 28.4. The molecular formula is C25H33BrN6O3. The first kappa shape index (κ1) is 25.5. The van der Waals surface area contributed by atoms with Crippen LogP contribution in [0.4, 0.5) is 10.6 Å². The third kappa shape index (κ3) is 6.14. The van der Waals surface area contributed by atoms with Gasteiger partial charge in [-0.1, -0.05) is 15.9 Å². The molecule has 1 amide bonds. The van der Waals surface area contributed by atoms with E-state index >= 15 is 0 Å². The van der Waals surface area contributed by atoms with E-state index in [2.05, 4.69) is 43.8 Å². The molecule has 0 N–H and O–H groups in total. The number of halogens is 1. The molecule has 2 aliphatic heterocycles. The number of hydrogen-bond donors (Lipinski definition) is 0. The quantitative estimate of drug-likeness (QED) is 0.552. The molecule has 2 fully saturated rings. The van der Waals surface area contributed by atoms with Crippen molar-refractivity contribution in [3.8, 4) is 12.1 Å². The Morgan fingerprint density at radius 3 is 2.71 bits per heavy atom.